The third-order valence-electron chi connectivity index (χ3n) is 6.10. The zero-order valence-electron chi connectivity index (χ0n) is 18.2. The first kappa shape index (κ1) is 23.5. The van der Waals surface area contributed by atoms with Crippen molar-refractivity contribution in [1.29, 1.82) is 0 Å². The Balaban J connectivity index is 1.59. The van der Waals surface area contributed by atoms with Crippen molar-refractivity contribution in [2.45, 2.75) is 42.7 Å². The second-order valence-corrected chi connectivity index (χ2v) is 10.1. The van der Waals surface area contributed by atoms with Crippen LogP contribution < -0.4 is 4.72 Å². The molecule has 1 aliphatic rings. The van der Waals surface area contributed by atoms with E-state index in [4.69, 9.17) is 0 Å². The van der Waals surface area contributed by atoms with Crippen LogP contribution in [0.2, 0.25) is 0 Å². The van der Waals surface area contributed by atoms with E-state index in [1.54, 1.807) is 11.6 Å². The molecule has 0 aliphatic carbocycles. The highest BCUT2D eigenvalue weighted by Gasteiger charge is 2.42. The minimum Gasteiger partial charge on any atom is -0.339 e. The first-order valence-electron chi connectivity index (χ1n) is 10.5. The molecule has 0 radical (unpaired) electrons. The van der Waals surface area contributed by atoms with Gasteiger partial charge >= 0.3 is 6.18 Å². The number of rotatable bonds is 6. The fraction of sp³-hybridized carbons (Fsp3) is 0.348. The highest BCUT2D eigenvalue weighted by Crippen LogP contribution is 2.35. The molecule has 10 heteroatoms. The quantitative estimate of drug-likeness (QED) is 0.586. The van der Waals surface area contributed by atoms with E-state index in [0.717, 1.165) is 23.3 Å². The van der Waals surface area contributed by atoms with Gasteiger partial charge in [0.25, 0.3) is 10.0 Å². The number of likely N-dealkylation sites (tertiary alicyclic amines) is 1. The van der Waals surface area contributed by atoms with Gasteiger partial charge in [0.05, 0.1) is 11.9 Å². The molecule has 1 fully saturated rings. The van der Waals surface area contributed by atoms with Crippen molar-refractivity contribution in [1.82, 2.24) is 19.2 Å². The second-order valence-electron chi connectivity index (χ2n) is 8.41. The van der Waals surface area contributed by atoms with E-state index in [1.165, 1.54) is 24.7 Å². The van der Waals surface area contributed by atoms with E-state index < -0.39 is 27.8 Å². The molecule has 0 amide bonds. The summed E-state index contributed by atoms with van der Waals surface area (Å²) in [6, 6.07) is 14.1. The maximum Gasteiger partial charge on any atom is 0.416 e. The summed E-state index contributed by atoms with van der Waals surface area (Å²) in [4.78, 5) is 6.06. The molecule has 3 aromatic rings. The van der Waals surface area contributed by atoms with Crippen LogP contribution in [0, 0.1) is 0 Å². The van der Waals surface area contributed by atoms with Crippen LogP contribution in [0.1, 0.15) is 29.5 Å². The summed E-state index contributed by atoms with van der Waals surface area (Å²) in [5, 5.41) is -0.0507. The number of imidazole rings is 1. The average Bonchev–Trinajstić information content (AvgIpc) is 3.33. The van der Waals surface area contributed by atoms with Crippen LogP contribution in [-0.4, -0.2) is 41.5 Å². The molecule has 0 spiro atoms. The molecule has 0 bridgehead atoms. The third kappa shape index (κ3) is 5.13. The summed E-state index contributed by atoms with van der Waals surface area (Å²) >= 11 is 0. The van der Waals surface area contributed by atoms with E-state index in [1.807, 2.05) is 37.3 Å². The average molecular weight is 479 g/mol. The van der Waals surface area contributed by atoms with Gasteiger partial charge in [0.2, 0.25) is 0 Å². The molecule has 1 aromatic heterocycles. The zero-order valence-corrected chi connectivity index (χ0v) is 19.0. The maximum atomic E-state index is 13.0. The van der Waals surface area contributed by atoms with Gasteiger partial charge in [0.1, 0.15) is 0 Å². The number of nitrogens with zero attached hydrogens (tertiary/aromatic N) is 3. The fourth-order valence-corrected chi connectivity index (χ4v) is 5.63. The number of nitrogens with one attached hydrogen (secondary N) is 1. The number of benzene rings is 2. The van der Waals surface area contributed by atoms with Crippen LogP contribution in [0.4, 0.5) is 13.2 Å². The summed E-state index contributed by atoms with van der Waals surface area (Å²) < 4.78 is 69.1. The van der Waals surface area contributed by atoms with Crippen molar-refractivity contribution in [3.63, 3.8) is 0 Å². The molecular weight excluding hydrogens is 453 g/mol. The molecule has 0 saturated carbocycles. The highest BCUT2D eigenvalue weighted by atomic mass is 32.2. The van der Waals surface area contributed by atoms with E-state index in [0.29, 0.717) is 13.1 Å². The smallest absolute Gasteiger partial charge is 0.339 e. The highest BCUT2D eigenvalue weighted by molar-refractivity contribution is 7.89. The lowest BCUT2D eigenvalue weighted by Crippen LogP contribution is -2.45. The largest absolute Gasteiger partial charge is 0.416 e. The van der Waals surface area contributed by atoms with Gasteiger partial charge in [-0.15, -0.1) is 0 Å². The Bertz CT molecular complexity index is 1190. The Morgan fingerprint density at radius 3 is 2.33 bits per heavy atom. The van der Waals surface area contributed by atoms with E-state index in [-0.39, 0.29) is 17.0 Å². The van der Waals surface area contributed by atoms with Gasteiger partial charge in [0.15, 0.2) is 5.03 Å². The minimum atomic E-state index is -4.38. The number of sulfonamides is 1. The van der Waals surface area contributed by atoms with Crippen LogP contribution in [0.3, 0.4) is 0 Å². The molecule has 1 aliphatic heterocycles. The summed E-state index contributed by atoms with van der Waals surface area (Å²) in [5.74, 6) is -0.130. The van der Waals surface area contributed by atoms with Crippen LogP contribution in [0.25, 0.3) is 0 Å². The number of hydrogen-bond acceptors (Lipinski definition) is 4. The molecule has 2 aromatic carbocycles. The van der Waals surface area contributed by atoms with Gasteiger partial charge in [0, 0.05) is 44.3 Å². The van der Waals surface area contributed by atoms with E-state index >= 15 is 0 Å². The fourth-order valence-electron chi connectivity index (χ4n) is 4.30. The number of hydrogen-bond donors (Lipinski definition) is 1. The lowest BCUT2D eigenvalue weighted by Gasteiger charge is -2.26. The number of alkyl halides is 3. The Hall–Kier alpha value is -2.69. The second kappa shape index (κ2) is 8.92. The van der Waals surface area contributed by atoms with Gasteiger partial charge < -0.3 is 4.57 Å². The summed E-state index contributed by atoms with van der Waals surface area (Å²) in [6.07, 6.45) is -1.51. The number of aromatic nitrogens is 2. The van der Waals surface area contributed by atoms with E-state index in [9.17, 15) is 21.6 Å². The van der Waals surface area contributed by atoms with Crippen LogP contribution in [0.5, 0.6) is 0 Å². The van der Waals surface area contributed by atoms with Crippen LogP contribution in [-0.2, 0) is 29.8 Å². The molecule has 4 rings (SSSR count). The molecule has 1 N–H and O–H groups in total. The van der Waals surface area contributed by atoms with E-state index in [2.05, 4.69) is 14.6 Å². The first-order chi connectivity index (χ1) is 15.5. The molecule has 176 valence electrons. The predicted octanol–water partition coefficient (Wildman–Crippen LogP) is 3.77. The lowest BCUT2D eigenvalue weighted by molar-refractivity contribution is -0.137. The van der Waals surface area contributed by atoms with Crippen molar-refractivity contribution >= 4 is 10.0 Å². The predicted molar refractivity (Wildman–Crippen MR) is 118 cm³/mol. The summed E-state index contributed by atoms with van der Waals surface area (Å²) in [7, 11) is -2.15. The maximum absolute atomic E-state index is 13.0. The Morgan fingerprint density at radius 1 is 1.09 bits per heavy atom. The molecule has 33 heavy (non-hydrogen) atoms. The van der Waals surface area contributed by atoms with Crippen molar-refractivity contribution in [3.8, 4) is 0 Å². The van der Waals surface area contributed by atoms with Crippen LogP contribution in [0.15, 0.2) is 72.1 Å². The Kier molecular flexibility index (Phi) is 6.35. The van der Waals surface area contributed by atoms with Crippen molar-refractivity contribution in [2.75, 3.05) is 6.54 Å². The van der Waals surface area contributed by atoms with Crippen LogP contribution >= 0.6 is 0 Å². The lowest BCUT2D eigenvalue weighted by atomic mass is 9.92. The minimum absolute atomic E-state index is 0.0507. The molecular formula is C23H25F3N4O2S. The van der Waals surface area contributed by atoms with Gasteiger partial charge in [-0.3, -0.25) is 4.90 Å². The SMILES string of the molecule is CC1C(NS(=O)(=O)c2cn(C)cn2)C(c2ccccc2)CN1Cc1ccc(C(F)(F)F)cc1. The van der Waals surface area contributed by atoms with Crippen molar-refractivity contribution < 1.29 is 21.6 Å². The third-order valence-corrected chi connectivity index (χ3v) is 7.45. The first-order valence-corrected chi connectivity index (χ1v) is 12.0. The summed E-state index contributed by atoms with van der Waals surface area (Å²) in [6.45, 7) is 2.89. The van der Waals surface area contributed by atoms with Gasteiger partial charge in [-0.1, -0.05) is 42.5 Å². The molecule has 6 nitrogen and oxygen atoms in total. The zero-order chi connectivity index (χ0) is 23.8. The molecule has 3 atom stereocenters. The van der Waals surface area contributed by atoms with Crippen molar-refractivity contribution in [2.24, 2.45) is 7.05 Å². The van der Waals surface area contributed by atoms with Gasteiger partial charge in [-0.25, -0.2) is 18.1 Å². The molecule has 1 saturated heterocycles. The Labute approximate surface area is 191 Å². The molecule has 2 heterocycles. The van der Waals surface area contributed by atoms with Gasteiger partial charge in [-0.2, -0.15) is 13.2 Å². The molecule has 3 unspecified atom stereocenters. The standard InChI is InChI=1S/C23H25F3N4O2S/c1-16-22(28-33(31,32)21-14-29(2)15-27-21)20(18-6-4-3-5-7-18)13-30(16)12-17-8-10-19(11-9-17)23(24,25)26/h3-11,14-16,20,22,28H,12-13H2,1-2H3. The van der Waals surface area contributed by atoms with Gasteiger partial charge in [-0.05, 0) is 30.2 Å². The number of halogens is 3. The normalized spacial score (nSPS) is 22.0. The van der Waals surface area contributed by atoms with Crippen molar-refractivity contribution in [3.05, 3.63) is 83.8 Å². The summed E-state index contributed by atoms with van der Waals surface area (Å²) in [5.41, 5.74) is 1.03. The monoisotopic (exact) mass is 478 g/mol. The topological polar surface area (TPSA) is 67.2 Å². The number of aryl methyl sites for hydroxylation is 1. The Morgan fingerprint density at radius 2 is 1.76 bits per heavy atom.